The molecule has 2 N–H and O–H groups in total. The zero-order valence-corrected chi connectivity index (χ0v) is 23.9. The summed E-state index contributed by atoms with van der Waals surface area (Å²) in [6.45, 7) is 1.21. The van der Waals surface area contributed by atoms with E-state index in [4.69, 9.17) is 25.8 Å². The Balaban J connectivity index is 1.30. The van der Waals surface area contributed by atoms with Crippen LogP contribution in [0.4, 0.5) is 17.2 Å². The first kappa shape index (κ1) is 25.5. The molecule has 2 aromatic carbocycles. The average molecular weight is 656 g/mol. The monoisotopic (exact) mass is 655 g/mol. The fourth-order valence-electron chi connectivity index (χ4n) is 5.21. The minimum atomic E-state index is -2.22. The highest BCUT2D eigenvalue weighted by Gasteiger charge is 2.47. The van der Waals surface area contributed by atoms with E-state index >= 15 is 0 Å². The summed E-state index contributed by atoms with van der Waals surface area (Å²) >= 11 is 8.98. The number of rotatable bonds is 6. The number of hydrogen-bond donors (Lipinski definition) is 2. The summed E-state index contributed by atoms with van der Waals surface area (Å²) in [5.41, 5.74) is 1.97. The minimum Gasteiger partial charge on any atom is -0.484 e. The number of benzene rings is 2. The molecule has 6 rings (SSSR count). The summed E-state index contributed by atoms with van der Waals surface area (Å²) in [4.78, 5) is 8.89. The van der Waals surface area contributed by atoms with Crippen LogP contribution in [0.15, 0.2) is 41.0 Å². The van der Waals surface area contributed by atoms with Gasteiger partial charge < -0.3 is 24.8 Å². The normalized spacial score (nSPS) is 26.4. The third-order valence-electron chi connectivity index (χ3n) is 7.03. The lowest BCUT2D eigenvalue weighted by atomic mass is 10.1. The van der Waals surface area contributed by atoms with Gasteiger partial charge in [-0.15, -0.1) is 0 Å². The Morgan fingerprint density at radius 3 is 2.86 bits per heavy atom. The first-order valence-corrected chi connectivity index (χ1v) is 15.5. The van der Waals surface area contributed by atoms with Crippen LogP contribution in [0.25, 0.3) is 10.9 Å². The topological polar surface area (TPSA) is 107 Å². The number of ether oxygens (including phenoxy) is 3. The predicted molar refractivity (Wildman–Crippen MR) is 153 cm³/mol. The van der Waals surface area contributed by atoms with Gasteiger partial charge in [-0.3, -0.25) is 0 Å². The lowest BCUT2D eigenvalue weighted by Gasteiger charge is -2.21. The van der Waals surface area contributed by atoms with Crippen molar-refractivity contribution in [3.63, 3.8) is 0 Å². The van der Waals surface area contributed by atoms with Crippen LogP contribution in [0.1, 0.15) is 12.8 Å². The first-order valence-electron chi connectivity index (χ1n) is 12.2. The highest BCUT2D eigenvalue weighted by Crippen LogP contribution is 2.38. The fraction of sp³-hybridized carbons (Fsp3) is 0.440. The molecule has 0 amide bonds. The molecule has 1 aromatic heterocycles. The molecule has 9 nitrogen and oxygen atoms in total. The molecule has 0 unspecified atom stereocenters. The second-order valence-electron chi connectivity index (χ2n) is 9.45. The average Bonchev–Trinajstić information content (AvgIpc) is 3.58. The van der Waals surface area contributed by atoms with Gasteiger partial charge in [0.2, 0.25) is 0 Å². The lowest BCUT2D eigenvalue weighted by Crippen LogP contribution is -2.40. The molecule has 3 aromatic rings. The van der Waals surface area contributed by atoms with Gasteiger partial charge in [0.05, 0.1) is 55.8 Å². The molecule has 196 valence electrons. The van der Waals surface area contributed by atoms with Gasteiger partial charge in [0.15, 0.2) is 0 Å². The Kier molecular flexibility index (Phi) is 7.18. The summed E-state index contributed by atoms with van der Waals surface area (Å²) in [6, 6.07) is 9.55. The number of nitrogens with one attached hydrogen (secondary N) is 2. The Labute approximate surface area is 234 Å². The number of aromatic nitrogens is 2. The first-order chi connectivity index (χ1) is 17.9. The van der Waals surface area contributed by atoms with E-state index in [1.807, 2.05) is 24.3 Å². The van der Waals surface area contributed by atoms with E-state index in [2.05, 4.69) is 47.6 Å². The van der Waals surface area contributed by atoms with E-state index in [0.29, 0.717) is 51.3 Å². The standard InChI is InChI=1S/C25H27ClIN5O4S/c1-34-20-11-28-23-21(12-35-24(20)23)36-19-8-14(27)4-5-17(19)31-25-22-16(26)9-15(10-18(22)29-13-30-25)32-37(33)6-2-3-7-37/h4-5,8-10,13,20-21,23-24,28H,2-3,6-7,11-12H2,1H3,(H,29,30,31)/t20-,21-,23-,24-/m1/s1. The van der Waals surface area contributed by atoms with Gasteiger partial charge in [-0.05, 0) is 65.8 Å². The third-order valence-corrected chi connectivity index (χ3v) is 10.4. The summed E-state index contributed by atoms with van der Waals surface area (Å²) in [6.07, 6.45) is 3.20. The van der Waals surface area contributed by atoms with Crippen molar-refractivity contribution >= 4 is 72.0 Å². The smallest absolute Gasteiger partial charge is 0.144 e. The van der Waals surface area contributed by atoms with E-state index in [0.717, 1.165) is 28.6 Å². The molecule has 0 aliphatic carbocycles. The van der Waals surface area contributed by atoms with Gasteiger partial charge in [0, 0.05) is 28.7 Å². The van der Waals surface area contributed by atoms with Crippen molar-refractivity contribution in [2.75, 3.05) is 37.1 Å². The number of anilines is 2. The Bertz CT molecular complexity index is 1450. The quantitative estimate of drug-likeness (QED) is 0.370. The summed E-state index contributed by atoms with van der Waals surface area (Å²) in [5.74, 6) is 2.50. The fourth-order valence-corrected chi connectivity index (χ4v) is 8.16. The van der Waals surface area contributed by atoms with E-state index in [-0.39, 0.29) is 24.4 Å². The molecule has 0 bridgehead atoms. The Morgan fingerprint density at radius 2 is 2.05 bits per heavy atom. The molecule has 0 radical (unpaired) electrons. The molecule has 3 aliphatic rings. The molecule has 12 heteroatoms. The van der Waals surface area contributed by atoms with Crippen LogP contribution in [-0.2, 0) is 19.2 Å². The van der Waals surface area contributed by atoms with Gasteiger partial charge in [-0.1, -0.05) is 11.6 Å². The summed E-state index contributed by atoms with van der Waals surface area (Å²) < 4.78 is 36.5. The lowest BCUT2D eigenvalue weighted by molar-refractivity contribution is -0.00905. The second kappa shape index (κ2) is 10.4. The number of halogens is 2. The molecule has 0 saturated carbocycles. The minimum absolute atomic E-state index is 0.0185. The summed E-state index contributed by atoms with van der Waals surface area (Å²) in [7, 11) is -0.512. The predicted octanol–water partition coefficient (Wildman–Crippen LogP) is 4.66. The molecule has 3 saturated heterocycles. The Hall–Kier alpha value is -1.77. The van der Waals surface area contributed by atoms with Crippen LogP contribution >= 0.6 is 34.2 Å². The number of methoxy groups -OCH3 is 1. The SMILES string of the molecule is CO[C@@H]1CN[C@H]2[C@@H]1OC[C@H]2Oc1cc(I)ccc1Nc1ncnc2cc(N=S3(=O)CCCC3)cc(Cl)c12. The number of nitrogens with zero attached hydrogens (tertiary/aromatic N) is 3. The van der Waals surface area contributed by atoms with E-state index in [9.17, 15) is 4.21 Å². The molecule has 4 atom stereocenters. The maximum atomic E-state index is 12.9. The highest BCUT2D eigenvalue weighted by molar-refractivity contribution is 14.1. The van der Waals surface area contributed by atoms with E-state index in [1.54, 1.807) is 13.2 Å². The number of hydrogen-bond acceptors (Lipinski definition) is 9. The number of fused-ring (bicyclic) bond motifs is 2. The molecule has 0 spiro atoms. The van der Waals surface area contributed by atoms with Gasteiger partial charge in [-0.2, -0.15) is 4.36 Å². The van der Waals surface area contributed by atoms with Crippen LogP contribution < -0.4 is 15.4 Å². The van der Waals surface area contributed by atoms with E-state index < -0.39 is 9.73 Å². The third kappa shape index (κ3) is 5.13. The van der Waals surface area contributed by atoms with Crippen molar-refractivity contribution in [3.8, 4) is 5.75 Å². The van der Waals surface area contributed by atoms with Crippen molar-refractivity contribution < 1.29 is 18.4 Å². The maximum Gasteiger partial charge on any atom is 0.144 e. The highest BCUT2D eigenvalue weighted by atomic mass is 127. The van der Waals surface area contributed by atoms with Crippen LogP contribution in [0.3, 0.4) is 0 Å². The second-order valence-corrected chi connectivity index (χ2v) is 13.6. The Morgan fingerprint density at radius 1 is 1.22 bits per heavy atom. The van der Waals surface area contributed by atoms with Crippen molar-refractivity contribution in [3.05, 3.63) is 45.3 Å². The molecular formula is C25H27ClIN5O4S. The van der Waals surface area contributed by atoms with Gasteiger partial charge >= 0.3 is 0 Å². The molecule has 3 fully saturated rings. The van der Waals surface area contributed by atoms with Crippen LogP contribution in [-0.4, -0.2) is 70.3 Å². The maximum absolute atomic E-state index is 12.9. The molecule has 4 heterocycles. The van der Waals surface area contributed by atoms with Crippen molar-refractivity contribution in [2.24, 2.45) is 4.36 Å². The largest absolute Gasteiger partial charge is 0.484 e. The van der Waals surface area contributed by atoms with Gasteiger partial charge in [0.25, 0.3) is 0 Å². The van der Waals surface area contributed by atoms with Gasteiger partial charge in [-0.25, -0.2) is 14.2 Å². The molecular weight excluding hydrogens is 629 g/mol. The van der Waals surface area contributed by atoms with Crippen molar-refractivity contribution in [1.82, 2.24) is 15.3 Å². The van der Waals surface area contributed by atoms with Gasteiger partial charge in [0.1, 0.15) is 30.1 Å². The van der Waals surface area contributed by atoms with E-state index in [1.165, 1.54) is 6.33 Å². The van der Waals surface area contributed by atoms with Crippen molar-refractivity contribution in [2.45, 2.75) is 37.2 Å². The zero-order chi connectivity index (χ0) is 25.6. The van der Waals surface area contributed by atoms with Crippen molar-refractivity contribution in [1.29, 1.82) is 0 Å². The zero-order valence-electron chi connectivity index (χ0n) is 20.2. The summed E-state index contributed by atoms with van der Waals surface area (Å²) in [5, 5.41) is 7.99. The molecule has 37 heavy (non-hydrogen) atoms. The van der Waals surface area contributed by atoms with Crippen LogP contribution in [0, 0.1) is 3.57 Å². The van der Waals surface area contributed by atoms with Crippen LogP contribution in [0.2, 0.25) is 5.02 Å². The molecule has 3 aliphatic heterocycles. The van der Waals surface area contributed by atoms with Crippen LogP contribution in [0.5, 0.6) is 5.75 Å².